The average molecular weight is 181 g/mol. The van der Waals surface area contributed by atoms with Crippen molar-refractivity contribution in [1.29, 1.82) is 0 Å². The highest BCUT2D eigenvalue weighted by molar-refractivity contribution is 6.31. The van der Waals surface area contributed by atoms with Gasteiger partial charge >= 0.3 is 0 Å². The maximum Gasteiger partial charge on any atom is 0.0443 e. The maximum absolute atomic E-state index is 6.14. The Hall–Kier alpha value is -0.490. The van der Waals surface area contributed by atoms with Gasteiger partial charge < -0.3 is 0 Å². The van der Waals surface area contributed by atoms with Crippen LogP contribution in [0.5, 0.6) is 0 Å². The Morgan fingerprint density at radius 2 is 1.75 bits per heavy atom. The summed E-state index contributed by atoms with van der Waals surface area (Å²) in [6.07, 6.45) is 2.64. The first-order chi connectivity index (χ1) is 5.68. The Labute approximate surface area is 78.6 Å². The third-order valence-electron chi connectivity index (χ3n) is 2.63. The minimum atomic E-state index is 0.761. The smallest absolute Gasteiger partial charge is 0.0443 e. The first-order valence-electron chi connectivity index (χ1n) is 4.45. The van der Waals surface area contributed by atoms with Gasteiger partial charge in [-0.2, -0.15) is 0 Å². The summed E-state index contributed by atoms with van der Waals surface area (Å²) in [5.41, 5.74) is 4.02. The van der Waals surface area contributed by atoms with Crippen molar-refractivity contribution in [3.8, 4) is 0 Å². The molecule has 0 saturated heterocycles. The standard InChI is InChI=1S/C11H13Cl/c1-7-5-10(9-3-4-9)11(12)6-8(7)2/h5-6,9H,3-4H2,1-2H3. The van der Waals surface area contributed by atoms with Gasteiger partial charge in [-0.25, -0.2) is 0 Å². The maximum atomic E-state index is 6.14. The van der Waals surface area contributed by atoms with E-state index in [0.717, 1.165) is 10.9 Å². The Morgan fingerprint density at radius 3 is 2.33 bits per heavy atom. The fourth-order valence-corrected chi connectivity index (χ4v) is 1.88. The molecule has 0 aromatic heterocycles. The fourth-order valence-electron chi connectivity index (χ4n) is 1.51. The van der Waals surface area contributed by atoms with E-state index in [9.17, 15) is 0 Å². The van der Waals surface area contributed by atoms with Crippen molar-refractivity contribution >= 4 is 11.6 Å². The molecule has 1 aliphatic carbocycles. The van der Waals surface area contributed by atoms with E-state index in [2.05, 4.69) is 26.0 Å². The van der Waals surface area contributed by atoms with Gasteiger partial charge in [0.25, 0.3) is 0 Å². The molecule has 1 fully saturated rings. The molecule has 0 bridgehead atoms. The molecule has 0 unspecified atom stereocenters. The Kier molecular flexibility index (Phi) is 1.88. The van der Waals surface area contributed by atoms with Crippen molar-refractivity contribution < 1.29 is 0 Å². The second kappa shape index (κ2) is 2.77. The number of hydrogen-bond donors (Lipinski definition) is 0. The van der Waals surface area contributed by atoms with Crippen LogP contribution in [0.4, 0.5) is 0 Å². The average Bonchev–Trinajstić information content (AvgIpc) is 2.79. The van der Waals surface area contributed by atoms with Crippen molar-refractivity contribution in [2.45, 2.75) is 32.6 Å². The molecule has 12 heavy (non-hydrogen) atoms. The molecule has 0 spiro atoms. The summed E-state index contributed by atoms with van der Waals surface area (Å²) in [5.74, 6) is 0.761. The molecule has 1 aromatic rings. The quantitative estimate of drug-likeness (QED) is 0.616. The number of halogens is 1. The van der Waals surface area contributed by atoms with Crippen LogP contribution in [0.15, 0.2) is 12.1 Å². The summed E-state index contributed by atoms with van der Waals surface area (Å²) in [6.45, 7) is 4.26. The third-order valence-corrected chi connectivity index (χ3v) is 2.96. The lowest BCUT2D eigenvalue weighted by atomic mass is 10.0. The van der Waals surface area contributed by atoms with Gasteiger partial charge in [0.05, 0.1) is 0 Å². The Morgan fingerprint density at radius 1 is 1.17 bits per heavy atom. The molecule has 1 saturated carbocycles. The zero-order valence-corrected chi connectivity index (χ0v) is 8.28. The molecule has 0 heterocycles. The summed E-state index contributed by atoms with van der Waals surface area (Å²) in [6, 6.07) is 4.33. The second-order valence-electron chi connectivity index (χ2n) is 3.73. The largest absolute Gasteiger partial charge is 0.0840 e. The molecule has 2 rings (SSSR count). The van der Waals surface area contributed by atoms with Crippen LogP contribution in [-0.2, 0) is 0 Å². The van der Waals surface area contributed by atoms with Crippen molar-refractivity contribution in [1.82, 2.24) is 0 Å². The SMILES string of the molecule is Cc1cc(Cl)c(C2CC2)cc1C. The van der Waals surface area contributed by atoms with Gasteiger partial charge in [0.2, 0.25) is 0 Å². The first-order valence-corrected chi connectivity index (χ1v) is 4.83. The van der Waals surface area contributed by atoms with E-state index >= 15 is 0 Å². The summed E-state index contributed by atoms with van der Waals surface area (Å²) >= 11 is 6.14. The number of benzene rings is 1. The van der Waals surface area contributed by atoms with E-state index in [-0.39, 0.29) is 0 Å². The van der Waals surface area contributed by atoms with E-state index in [1.807, 2.05) is 0 Å². The minimum Gasteiger partial charge on any atom is -0.0840 e. The van der Waals surface area contributed by atoms with E-state index in [4.69, 9.17) is 11.6 Å². The molecule has 0 aliphatic heterocycles. The molecular formula is C11H13Cl. The highest BCUT2D eigenvalue weighted by Gasteiger charge is 2.25. The molecule has 0 radical (unpaired) electrons. The molecule has 1 aromatic carbocycles. The van der Waals surface area contributed by atoms with Crippen molar-refractivity contribution in [3.63, 3.8) is 0 Å². The number of rotatable bonds is 1. The molecular weight excluding hydrogens is 168 g/mol. The predicted molar refractivity (Wildman–Crippen MR) is 52.9 cm³/mol. The first kappa shape index (κ1) is 8.12. The third kappa shape index (κ3) is 1.36. The molecule has 0 N–H and O–H groups in total. The van der Waals surface area contributed by atoms with Crippen molar-refractivity contribution in [3.05, 3.63) is 33.8 Å². The van der Waals surface area contributed by atoms with E-state index in [1.54, 1.807) is 0 Å². The van der Waals surface area contributed by atoms with E-state index < -0.39 is 0 Å². The molecule has 0 atom stereocenters. The fraction of sp³-hybridized carbons (Fsp3) is 0.455. The van der Waals surface area contributed by atoms with Gasteiger partial charge in [-0.05, 0) is 55.4 Å². The van der Waals surface area contributed by atoms with Crippen molar-refractivity contribution in [2.24, 2.45) is 0 Å². The summed E-state index contributed by atoms with van der Waals surface area (Å²) in [5, 5.41) is 0.959. The minimum absolute atomic E-state index is 0.761. The Balaban J connectivity index is 2.47. The van der Waals surface area contributed by atoms with E-state index in [0.29, 0.717) is 0 Å². The molecule has 1 aliphatic rings. The van der Waals surface area contributed by atoms with Gasteiger partial charge in [-0.3, -0.25) is 0 Å². The van der Waals surface area contributed by atoms with Crippen LogP contribution in [0.1, 0.15) is 35.4 Å². The van der Waals surface area contributed by atoms with Gasteiger partial charge in [0.15, 0.2) is 0 Å². The normalized spacial score (nSPS) is 16.6. The zero-order chi connectivity index (χ0) is 8.72. The van der Waals surface area contributed by atoms with Crippen LogP contribution < -0.4 is 0 Å². The van der Waals surface area contributed by atoms with E-state index in [1.165, 1.54) is 29.5 Å². The lowest BCUT2D eigenvalue weighted by Crippen LogP contribution is -1.87. The van der Waals surface area contributed by atoms with Gasteiger partial charge in [0.1, 0.15) is 0 Å². The monoisotopic (exact) mass is 180 g/mol. The predicted octanol–water partition coefficient (Wildman–Crippen LogP) is 3.83. The second-order valence-corrected chi connectivity index (χ2v) is 4.14. The molecule has 1 heteroatoms. The van der Waals surface area contributed by atoms with Crippen LogP contribution in [-0.4, -0.2) is 0 Å². The number of aryl methyl sites for hydroxylation is 2. The molecule has 64 valence electrons. The van der Waals surface area contributed by atoms with Crippen LogP contribution in [0.2, 0.25) is 5.02 Å². The zero-order valence-electron chi connectivity index (χ0n) is 7.52. The van der Waals surface area contributed by atoms with Crippen LogP contribution >= 0.6 is 11.6 Å². The Bertz CT molecular complexity index is 311. The summed E-state index contributed by atoms with van der Waals surface area (Å²) in [4.78, 5) is 0. The molecule has 0 amide bonds. The van der Waals surface area contributed by atoms with Crippen LogP contribution in [0.25, 0.3) is 0 Å². The lowest BCUT2D eigenvalue weighted by Gasteiger charge is -2.06. The highest BCUT2D eigenvalue weighted by atomic mass is 35.5. The lowest BCUT2D eigenvalue weighted by molar-refractivity contribution is 1.11. The van der Waals surface area contributed by atoms with Crippen LogP contribution in [0, 0.1) is 13.8 Å². The van der Waals surface area contributed by atoms with Gasteiger partial charge in [-0.15, -0.1) is 0 Å². The molecule has 0 nitrogen and oxygen atoms in total. The van der Waals surface area contributed by atoms with Gasteiger partial charge in [0, 0.05) is 5.02 Å². The summed E-state index contributed by atoms with van der Waals surface area (Å²) < 4.78 is 0. The van der Waals surface area contributed by atoms with Crippen LogP contribution in [0.3, 0.4) is 0 Å². The number of hydrogen-bond acceptors (Lipinski definition) is 0. The highest BCUT2D eigenvalue weighted by Crippen LogP contribution is 2.43. The summed E-state index contributed by atoms with van der Waals surface area (Å²) in [7, 11) is 0. The van der Waals surface area contributed by atoms with Crippen molar-refractivity contribution in [2.75, 3.05) is 0 Å². The van der Waals surface area contributed by atoms with Gasteiger partial charge in [-0.1, -0.05) is 17.7 Å². The topological polar surface area (TPSA) is 0 Å².